The summed E-state index contributed by atoms with van der Waals surface area (Å²) in [6.45, 7) is 2.96. The van der Waals surface area contributed by atoms with Crippen LogP contribution >= 0.6 is 0 Å². The molecule has 0 radical (unpaired) electrons. The Bertz CT molecular complexity index is 1770. The van der Waals surface area contributed by atoms with Crippen molar-refractivity contribution in [2.45, 2.75) is 19.9 Å². The number of benzene rings is 2. The number of nitrogen functional groups attached to an aromatic ring is 1. The number of aromatic nitrogens is 6. The third-order valence-electron chi connectivity index (χ3n) is 5.68. The van der Waals surface area contributed by atoms with Crippen LogP contribution in [0.5, 0.6) is 0 Å². The number of nitrogens with zero attached hydrogens (tertiary/aromatic N) is 6. The van der Waals surface area contributed by atoms with Crippen LogP contribution in [0.15, 0.2) is 58.1 Å². The van der Waals surface area contributed by atoms with Crippen molar-refractivity contribution >= 4 is 22.5 Å². The van der Waals surface area contributed by atoms with E-state index in [1.807, 2.05) is 6.07 Å². The molecule has 3 heterocycles. The minimum Gasteiger partial charge on any atom is -0.384 e. The topological polar surface area (TPSA) is 158 Å². The summed E-state index contributed by atoms with van der Waals surface area (Å²) < 4.78 is 21.4. The molecule has 0 saturated heterocycles. The Labute approximate surface area is 215 Å². The highest BCUT2D eigenvalue weighted by molar-refractivity contribution is 5.85. The molecule has 3 aromatic heterocycles. The zero-order chi connectivity index (χ0) is 26.8. The highest BCUT2D eigenvalue weighted by Gasteiger charge is 2.24. The molecule has 0 aliphatic rings. The van der Waals surface area contributed by atoms with E-state index >= 15 is 0 Å². The Hall–Kier alpha value is -5.15. The maximum atomic E-state index is 14.7. The molecular weight excluding hydrogens is 491 g/mol. The zero-order valence-electron chi connectivity index (χ0n) is 20.3. The standard InChI is InChI=1S/C26H21FN8O3/c1-14(31-23-21(22(28)29-13-30-23)25-32-15(2)34-38-25)24-33-19-11-10-18(27)17(9-6-12-36)20(19)26(37)35(24)16-7-4-3-5-8-16/h3-5,7-8,10-11,13-14,36H,12H2,1-2H3,(H3,28,29,30,31)/t14-/m0/s1. The number of hydrogen-bond donors (Lipinski definition) is 3. The molecule has 0 aliphatic heterocycles. The summed E-state index contributed by atoms with van der Waals surface area (Å²) in [7, 11) is 0. The molecule has 5 rings (SSSR count). The number of nitrogens with one attached hydrogen (secondary N) is 1. The Morgan fingerprint density at radius 2 is 1.97 bits per heavy atom. The van der Waals surface area contributed by atoms with Crippen molar-refractivity contribution in [1.29, 1.82) is 0 Å². The molecule has 38 heavy (non-hydrogen) atoms. The molecule has 0 spiro atoms. The van der Waals surface area contributed by atoms with Gasteiger partial charge < -0.3 is 20.7 Å². The molecule has 0 bridgehead atoms. The van der Waals surface area contributed by atoms with Crippen molar-refractivity contribution in [1.82, 2.24) is 29.7 Å². The van der Waals surface area contributed by atoms with Crippen molar-refractivity contribution < 1.29 is 14.0 Å². The first-order chi connectivity index (χ1) is 18.4. The third kappa shape index (κ3) is 4.42. The second-order valence-corrected chi connectivity index (χ2v) is 8.22. The Morgan fingerprint density at radius 1 is 1.18 bits per heavy atom. The van der Waals surface area contributed by atoms with Crippen molar-refractivity contribution in [3.05, 3.63) is 82.2 Å². The molecule has 1 atom stereocenters. The lowest BCUT2D eigenvalue weighted by Gasteiger charge is -2.21. The molecule has 0 aliphatic carbocycles. The predicted molar refractivity (Wildman–Crippen MR) is 138 cm³/mol. The summed E-state index contributed by atoms with van der Waals surface area (Å²) in [6.07, 6.45) is 1.28. The Kier molecular flexibility index (Phi) is 6.51. The zero-order valence-corrected chi connectivity index (χ0v) is 20.3. The summed E-state index contributed by atoms with van der Waals surface area (Å²) in [5.41, 5.74) is 6.50. The van der Waals surface area contributed by atoms with Crippen LogP contribution < -0.4 is 16.6 Å². The second kappa shape index (κ2) is 10.1. The van der Waals surface area contributed by atoms with E-state index in [2.05, 4.69) is 37.3 Å². The van der Waals surface area contributed by atoms with Crippen LogP contribution in [0.2, 0.25) is 0 Å². The van der Waals surface area contributed by atoms with E-state index in [0.29, 0.717) is 22.9 Å². The molecule has 0 fully saturated rings. The van der Waals surface area contributed by atoms with Crippen molar-refractivity contribution in [2.75, 3.05) is 17.7 Å². The molecule has 11 nitrogen and oxygen atoms in total. The third-order valence-corrected chi connectivity index (χ3v) is 5.68. The summed E-state index contributed by atoms with van der Waals surface area (Å²) in [6, 6.07) is 10.8. The van der Waals surface area contributed by atoms with Gasteiger partial charge >= 0.3 is 0 Å². The number of aliphatic hydroxyl groups excluding tert-OH is 1. The molecule has 190 valence electrons. The van der Waals surface area contributed by atoms with Gasteiger partial charge in [-0.3, -0.25) is 9.36 Å². The smallest absolute Gasteiger partial charge is 0.267 e. The Morgan fingerprint density at radius 3 is 2.68 bits per heavy atom. The highest BCUT2D eigenvalue weighted by atomic mass is 19.1. The fourth-order valence-electron chi connectivity index (χ4n) is 4.02. The molecule has 5 aromatic rings. The van der Waals surface area contributed by atoms with Gasteiger partial charge in [0.15, 0.2) is 5.82 Å². The van der Waals surface area contributed by atoms with Crippen LogP contribution in [0, 0.1) is 24.6 Å². The number of rotatable bonds is 5. The number of para-hydroxylation sites is 1. The van der Waals surface area contributed by atoms with Gasteiger partial charge in [-0.05, 0) is 38.1 Å². The van der Waals surface area contributed by atoms with Gasteiger partial charge in [-0.2, -0.15) is 4.98 Å². The van der Waals surface area contributed by atoms with E-state index in [1.165, 1.54) is 23.0 Å². The second-order valence-electron chi connectivity index (χ2n) is 8.22. The van der Waals surface area contributed by atoms with E-state index in [9.17, 15) is 9.18 Å². The molecule has 0 amide bonds. The quantitative estimate of drug-likeness (QED) is 0.299. The lowest BCUT2D eigenvalue weighted by atomic mass is 10.1. The average molecular weight is 513 g/mol. The van der Waals surface area contributed by atoms with E-state index in [4.69, 9.17) is 20.3 Å². The first kappa shape index (κ1) is 24.5. The van der Waals surface area contributed by atoms with Crippen molar-refractivity contribution in [2.24, 2.45) is 0 Å². The van der Waals surface area contributed by atoms with Crippen LogP contribution in [-0.4, -0.2) is 41.4 Å². The number of nitrogens with two attached hydrogens (primary N) is 1. The summed E-state index contributed by atoms with van der Waals surface area (Å²) in [4.78, 5) is 31.2. The highest BCUT2D eigenvalue weighted by Crippen LogP contribution is 2.32. The normalized spacial score (nSPS) is 11.7. The molecule has 4 N–H and O–H groups in total. The van der Waals surface area contributed by atoms with E-state index in [1.54, 1.807) is 38.1 Å². The average Bonchev–Trinajstić information content (AvgIpc) is 3.34. The number of halogens is 1. The SMILES string of the molecule is Cc1noc(-c2c(N)ncnc2N[C@@H](C)c2nc3ccc(F)c(C#CCO)c3c(=O)n2-c2ccccc2)n1. The van der Waals surface area contributed by atoms with E-state index in [0.717, 1.165) is 0 Å². The number of aryl methyl sites for hydroxylation is 1. The fraction of sp³-hybridized carbons (Fsp3) is 0.154. The van der Waals surface area contributed by atoms with Gasteiger partial charge in [-0.25, -0.2) is 19.3 Å². The van der Waals surface area contributed by atoms with Gasteiger partial charge in [-0.1, -0.05) is 35.2 Å². The maximum absolute atomic E-state index is 14.7. The molecule has 0 saturated carbocycles. The first-order valence-electron chi connectivity index (χ1n) is 11.5. The Balaban J connectivity index is 1.71. The number of hydrogen-bond acceptors (Lipinski definition) is 10. The summed E-state index contributed by atoms with van der Waals surface area (Å²) in [5.74, 6) is 5.53. The number of fused-ring (bicyclic) bond motifs is 1. The molecule has 12 heteroatoms. The van der Waals surface area contributed by atoms with Gasteiger partial charge in [0.2, 0.25) is 0 Å². The maximum Gasteiger partial charge on any atom is 0.267 e. The van der Waals surface area contributed by atoms with Gasteiger partial charge in [-0.15, -0.1) is 0 Å². The fourth-order valence-corrected chi connectivity index (χ4v) is 4.02. The van der Waals surface area contributed by atoms with Gasteiger partial charge in [0.05, 0.1) is 28.2 Å². The van der Waals surface area contributed by atoms with Crippen molar-refractivity contribution in [3.8, 4) is 29.0 Å². The lowest BCUT2D eigenvalue weighted by Crippen LogP contribution is -2.28. The van der Waals surface area contributed by atoms with Crippen LogP contribution in [0.1, 0.15) is 30.2 Å². The van der Waals surface area contributed by atoms with Crippen LogP contribution in [-0.2, 0) is 0 Å². The minimum atomic E-state index is -0.688. The summed E-state index contributed by atoms with van der Waals surface area (Å²) >= 11 is 0. The minimum absolute atomic E-state index is 0.000872. The monoisotopic (exact) mass is 512 g/mol. The number of aliphatic hydroxyl groups is 1. The number of anilines is 2. The lowest BCUT2D eigenvalue weighted by molar-refractivity contribution is 0.350. The largest absolute Gasteiger partial charge is 0.384 e. The van der Waals surface area contributed by atoms with E-state index in [-0.39, 0.29) is 34.0 Å². The van der Waals surface area contributed by atoms with E-state index < -0.39 is 24.0 Å². The molecule has 0 unspecified atom stereocenters. The molecule has 2 aromatic carbocycles. The first-order valence-corrected chi connectivity index (χ1v) is 11.5. The van der Waals surface area contributed by atoms with Crippen LogP contribution in [0.25, 0.3) is 28.0 Å². The predicted octanol–water partition coefficient (Wildman–Crippen LogP) is 2.77. The summed E-state index contributed by atoms with van der Waals surface area (Å²) in [5, 5.41) is 16.2. The van der Waals surface area contributed by atoms with Gasteiger partial charge in [0.25, 0.3) is 11.4 Å². The van der Waals surface area contributed by atoms with Gasteiger partial charge in [0, 0.05) is 0 Å². The van der Waals surface area contributed by atoms with Gasteiger partial charge in [0.1, 0.15) is 41.8 Å². The van der Waals surface area contributed by atoms with Crippen LogP contribution in [0.4, 0.5) is 16.0 Å². The van der Waals surface area contributed by atoms with Crippen molar-refractivity contribution in [3.63, 3.8) is 0 Å². The van der Waals surface area contributed by atoms with Crippen LogP contribution in [0.3, 0.4) is 0 Å². The molecular formula is C26H21FN8O3.